The number of rotatable bonds is 3. The quantitative estimate of drug-likeness (QED) is 0.682. The fourth-order valence-electron chi connectivity index (χ4n) is 3.92. The number of hydrogen-bond donors (Lipinski definition) is 0. The molecule has 144 valence electrons. The van der Waals surface area contributed by atoms with E-state index >= 15 is 0 Å². The highest BCUT2D eigenvalue weighted by Crippen LogP contribution is 2.33. The monoisotopic (exact) mass is 395 g/mol. The van der Waals surface area contributed by atoms with Crippen molar-refractivity contribution < 1.29 is 13.2 Å². The number of likely N-dealkylation sites (N-methyl/N-ethyl adjacent to an activating group) is 1. The standard InChI is InChI=1S/C21H21N3O3S/c1-23-10-6-15(7-11-23)19-14-24(21-18(19)3-2-9-22-21)28(25,26)17-4-5-20-16(13-17)8-12-27-20/h2-6,9,13-14H,7-8,10-12H2,1H3. The molecule has 0 N–H and O–H groups in total. The molecule has 5 rings (SSSR count). The van der Waals surface area contributed by atoms with E-state index in [-0.39, 0.29) is 4.90 Å². The van der Waals surface area contributed by atoms with Gasteiger partial charge >= 0.3 is 0 Å². The second-order valence-corrected chi connectivity index (χ2v) is 9.14. The highest BCUT2D eigenvalue weighted by atomic mass is 32.2. The summed E-state index contributed by atoms with van der Waals surface area (Å²) in [4.78, 5) is 6.90. The Bertz CT molecular complexity index is 1210. The Morgan fingerprint density at radius 1 is 1.18 bits per heavy atom. The molecule has 6 nitrogen and oxygen atoms in total. The van der Waals surface area contributed by atoms with Crippen molar-refractivity contribution in [3.8, 4) is 5.75 Å². The van der Waals surface area contributed by atoms with Crippen LogP contribution in [0.2, 0.25) is 0 Å². The van der Waals surface area contributed by atoms with Gasteiger partial charge in [0.05, 0.1) is 11.5 Å². The summed E-state index contributed by atoms with van der Waals surface area (Å²) in [5.41, 5.74) is 3.52. The molecule has 2 aliphatic heterocycles. The molecule has 3 aromatic rings. The number of fused-ring (bicyclic) bond motifs is 2. The first-order valence-corrected chi connectivity index (χ1v) is 10.8. The van der Waals surface area contributed by atoms with Gasteiger partial charge in [-0.3, -0.25) is 0 Å². The van der Waals surface area contributed by atoms with Crippen LogP contribution in [0.15, 0.2) is 53.7 Å². The lowest BCUT2D eigenvalue weighted by molar-refractivity contribution is 0.356. The number of ether oxygens (including phenoxy) is 1. The highest BCUT2D eigenvalue weighted by molar-refractivity contribution is 7.90. The fourth-order valence-corrected chi connectivity index (χ4v) is 5.30. The van der Waals surface area contributed by atoms with E-state index in [9.17, 15) is 8.42 Å². The lowest BCUT2D eigenvalue weighted by Gasteiger charge is -2.21. The van der Waals surface area contributed by atoms with Crippen LogP contribution in [-0.4, -0.2) is 49.0 Å². The van der Waals surface area contributed by atoms with Gasteiger partial charge in [0.15, 0.2) is 5.65 Å². The number of hydrogen-bond acceptors (Lipinski definition) is 5. The molecule has 0 saturated heterocycles. The van der Waals surface area contributed by atoms with Crippen molar-refractivity contribution in [2.75, 3.05) is 26.7 Å². The van der Waals surface area contributed by atoms with Gasteiger partial charge in [0, 0.05) is 42.9 Å². The van der Waals surface area contributed by atoms with Crippen molar-refractivity contribution >= 4 is 26.6 Å². The largest absolute Gasteiger partial charge is 0.493 e. The second kappa shape index (κ2) is 6.46. The molecule has 4 heterocycles. The summed E-state index contributed by atoms with van der Waals surface area (Å²) in [6.45, 7) is 2.41. The summed E-state index contributed by atoms with van der Waals surface area (Å²) in [6.07, 6.45) is 7.16. The summed E-state index contributed by atoms with van der Waals surface area (Å²) in [5.74, 6) is 0.770. The molecule has 2 aliphatic rings. The van der Waals surface area contributed by atoms with E-state index < -0.39 is 10.0 Å². The molecule has 0 unspecified atom stereocenters. The number of nitrogens with zero attached hydrogens (tertiary/aromatic N) is 3. The van der Waals surface area contributed by atoms with Crippen LogP contribution in [0.4, 0.5) is 0 Å². The first kappa shape index (κ1) is 17.5. The van der Waals surface area contributed by atoms with Crippen LogP contribution < -0.4 is 4.74 Å². The summed E-state index contributed by atoms with van der Waals surface area (Å²) in [5, 5.41) is 0.867. The molecular weight excluding hydrogens is 374 g/mol. The van der Waals surface area contributed by atoms with Crippen LogP contribution in [0.25, 0.3) is 16.6 Å². The minimum atomic E-state index is -3.75. The molecule has 0 amide bonds. The normalized spacial score (nSPS) is 17.4. The number of aromatic nitrogens is 2. The summed E-state index contributed by atoms with van der Waals surface area (Å²) < 4.78 is 33.7. The third kappa shape index (κ3) is 2.73. The lowest BCUT2D eigenvalue weighted by Crippen LogP contribution is -2.23. The molecule has 0 radical (unpaired) electrons. The van der Waals surface area contributed by atoms with E-state index in [1.54, 1.807) is 30.6 Å². The maximum absolute atomic E-state index is 13.5. The van der Waals surface area contributed by atoms with Crippen molar-refractivity contribution in [2.45, 2.75) is 17.7 Å². The van der Waals surface area contributed by atoms with Gasteiger partial charge < -0.3 is 9.64 Å². The molecule has 0 aliphatic carbocycles. The summed E-state index contributed by atoms with van der Waals surface area (Å²) in [7, 11) is -1.67. The molecule has 2 aromatic heterocycles. The Morgan fingerprint density at radius 2 is 2.07 bits per heavy atom. The zero-order chi connectivity index (χ0) is 19.3. The Morgan fingerprint density at radius 3 is 2.89 bits per heavy atom. The van der Waals surface area contributed by atoms with Gasteiger partial charge in [0.1, 0.15) is 5.75 Å². The minimum Gasteiger partial charge on any atom is -0.493 e. The van der Waals surface area contributed by atoms with E-state index in [1.165, 1.54) is 9.55 Å². The Labute approximate surface area is 164 Å². The summed E-state index contributed by atoms with van der Waals surface area (Å²) in [6, 6.07) is 8.88. The van der Waals surface area contributed by atoms with Crippen molar-refractivity contribution in [3.05, 3.63) is 59.9 Å². The van der Waals surface area contributed by atoms with Gasteiger partial charge in [0.25, 0.3) is 10.0 Å². The third-order valence-electron chi connectivity index (χ3n) is 5.51. The van der Waals surface area contributed by atoms with Crippen LogP contribution in [0.3, 0.4) is 0 Å². The molecule has 1 aromatic carbocycles. The first-order valence-electron chi connectivity index (χ1n) is 9.39. The topological polar surface area (TPSA) is 64.4 Å². The highest BCUT2D eigenvalue weighted by Gasteiger charge is 2.25. The molecule has 7 heteroatoms. The molecule has 0 fully saturated rings. The van der Waals surface area contributed by atoms with Gasteiger partial charge in [0.2, 0.25) is 0 Å². The zero-order valence-electron chi connectivity index (χ0n) is 15.6. The molecular formula is C21H21N3O3S. The smallest absolute Gasteiger partial charge is 0.269 e. The van der Waals surface area contributed by atoms with Gasteiger partial charge in [-0.2, -0.15) is 0 Å². The Kier molecular flexibility index (Phi) is 4.03. The summed E-state index contributed by atoms with van der Waals surface area (Å²) >= 11 is 0. The second-order valence-electron chi connectivity index (χ2n) is 7.33. The number of benzene rings is 1. The van der Waals surface area contributed by atoms with E-state index in [4.69, 9.17) is 4.74 Å². The number of pyridine rings is 1. The van der Waals surface area contributed by atoms with Crippen LogP contribution in [-0.2, 0) is 16.4 Å². The van der Waals surface area contributed by atoms with E-state index in [1.807, 2.05) is 12.1 Å². The van der Waals surface area contributed by atoms with Crippen molar-refractivity contribution in [2.24, 2.45) is 0 Å². The van der Waals surface area contributed by atoms with E-state index in [0.717, 1.165) is 48.2 Å². The fraction of sp³-hybridized carbons (Fsp3) is 0.286. The van der Waals surface area contributed by atoms with E-state index in [2.05, 4.69) is 23.0 Å². The van der Waals surface area contributed by atoms with Crippen LogP contribution in [0, 0.1) is 0 Å². The SMILES string of the molecule is CN1CC=C(c2cn(S(=O)(=O)c3ccc4c(c3)CCO4)c3ncccc23)CC1. The molecule has 0 atom stereocenters. The average molecular weight is 395 g/mol. The van der Waals surface area contributed by atoms with Crippen molar-refractivity contribution in [1.29, 1.82) is 0 Å². The maximum Gasteiger partial charge on any atom is 0.269 e. The van der Waals surface area contributed by atoms with Crippen LogP contribution in [0.5, 0.6) is 5.75 Å². The zero-order valence-corrected chi connectivity index (χ0v) is 16.4. The van der Waals surface area contributed by atoms with Gasteiger partial charge in [-0.05, 0) is 54.9 Å². The minimum absolute atomic E-state index is 0.267. The Hall–Kier alpha value is -2.64. The molecule has 0 saturated carbocycles. The van der Waals surface area contributed by atoms with Crippen LogP contribution >= 0.6 is 0 Å². The van der Waals surface area contributed by atoms with Gasteiger partial charge in [-0.1, -0.05) is 6.08 Å². The predicted molar refractivity (Wildman–Crippen MR) is 108 cm³/mol. The molecule has 0 bridgehead atoms. The maximum atomic E-state index is 13.5. The lowest BCUT2D eigenvalue weighted by atomic mass is 10.00. The Balaban J connectivity index is 1.67. The van der Waals surface area contributed by atoms with Gasteiger partial charge in [-0.15, -0.1) is 0 Å². The van der Waals surface area contributed by atoms with Gasteiger partial charge in [-0.25, -0.2) is 17.4 Å². The first-order chi connectivity index (χ1) is 13.5. The van der Waals surface area contributed by atoms with Crippen molar-refractivity contribution in [3.63, 3.8) is 0 Å². The van der Waals surface area contributed by atoms with Crippen molar-refractivity contribution in [1.82, 2.24) is 13.9 Å². The third-order valence-corrected chi connectivity index (χ3v) is 7.15. The van der Waals surface area contributed by atoms with E-state index in [0.29, 0.717) is 12.3 Å². The van der Waals surface area contributed by atoms with Crippen LogP contribution in [0.1, 0.15) is 17.5 Å². The predicted octanol–water partition coefficient (Wildman–Crippen LogP) is 2.93. The molecule has 0 spiro atoms. The average Bonchev–Trinajstić information content (AvgIpc) is 3.33. The molecule has 28 heavy (non-hydrogen) atoms.